The van der Waals surface area contributed by atoms with Gasteiger partial charge < -0.3 is 19.7 Å². The third kappa shape index (κ3) is 6.79. The maximum atomic E-state index is 5.66. The summed E-state index contributed by atoms with van der Waals surface area (Å²) in [6.07, 6.45) is 2.55. The van der Waals surface area contributed by atoms with Crippen LogP contribution in [0.4, 0.5) is 0 Å². The molecule has 23 heavy (non-hydrogen) atoms. The topological polar surface area (TPSA) is 46.1 Å². The number of aliphatic imine (C=N–C) groups is 1. The lowest BCUT2D eigenvalue weighted by Crippen LogP contribution is -2.38. The van der Waals surface area contributed by atoms with Crippen molar-refractivity contribution in [2.24, 2.45) is 4.99 Å². The first-order valence-corrected chi connectivity index (χ1v) is 9.73. The van der Waals surface area contributed by atoms with Gasteiger partial charge in [0.15, 0.2) is 5.96 Å². The Bertz CT molecular complexity index is 489. The lowest BCUT2D eigenvalue weighted by molar-refractivity contribution is 0.0199. The molecule has 1 aromatic heterocycles. The summed E-state index contributed by atoms with van der Waals surface area (Å²) in [7, 11) is 2.06. The molecule has 1 unspecified atom stereocenters. The van der Waals surface area contributed by atoms with Gasteiger partial charge in [-0.05, 0) is 47.8 Å². The van der Waals surface area contributed by atoms with Crippen molar-refractivity contribution < 1.29 is 9.47 Å². The van der Waals surface area contributed by atoms with E-state index < -0.39 is 0 Å². The number of hydrogen-bond donors (Lipinski definition) is 1. The number of guanidine groups is 1. The van der Waals surface area contributed by atoms with Crippen molar-refractivity contribution in [3.05, 3.63) is 20.8 Å². The molecule has 0 radical (unpaired) electrons. The van der Waals surface area contributed by atoms with E-state index in [1.807, 2.05) is 0 Å². The van der Waals surface area contributed by atoms with Gasteiger partial charge in [-0.2, -0.15) is 0 Å². The number of nitrogens with zero attached hydrogens (tertiary/aromatic N) is 2. The molecule has 2 heterocycles. The second-order valence-corrected chi connectivity index (χ2v) is 8.06. The number of ether oxygens (including phenoxy) is 2. The summed E-state index contributed by atoms with van der Waals surface area (Å²) < 4.78 is 12.4. The Labute approximate surface area is 151 Å². The normalized spacial score (nSPS) is 18.4. The Morgan fingerprint density at radius 2 is 2.43 bits per heavy atom. The van der Waals surface area contributed by atoms with E-state index in [1.54, 1.807) is 11.3 Å². The molecule has 0 saturated carbocycles. The summed E-state index contributed by atoms with van der Waals surface area (Å²) >= 11 is 5.26. The number of nitrogens with one attached hydrogen (secondary N) is 1. The number of rotatable bonds is 8. The smallest absolute Gasteiger partial charge is 0.194 e. The van der Waals surface area contributed by atoms with Crippen LogP contribution in [0.2, 0.25) is 0 Å². The molecule has 1 aliphatic heterocycles. The van der Waals surface area contributed by atoms with Gasteiger partial charge in [-0.1, -0.05) is 0 Å². The molecule has 2 rings (SSSR count). The second-order valence-electron chi connectivity index (χ2n) is 5.51. The van der Waals surface area contributed by atoms with Crippen LogP contribution in [-0.4, -0.2) is 56.9 Å². The van der Waals surface area contributed by atoms with Crippen molar-refractivity contribution in [1.82, 2.24) is 10.2 Å². The minimum atomic E-state index is 0.284. The van der Waals surface area contributed by atoms with Gasteiger partial charge in [0.05, 0.1) is 36.2 Å². The van der Waals surface area contributed by atoms with E-state index >= 15 is 0 Å². The van der Waals surface area contributed by atoms with Gasteiger partial charge >= 0.3 is 0 Å². The molecule has 0 spiro atoms. The summed E-state index contributed by atoms with van der Waals surface area (Å²) in [5.74, 6) is 0.915. The molecule has 1 saturated heterocycles. The molecule has 1 atom stereocenters. The monoisotopic (exact) mass is 403 g/mol. The van der Waals surface area contributed by atoms with Crippen LogP contribution < -0.4 is 5.32 Å². The van der Waals surface area contributed by atoms with Gasteiger partial charge in [0.1, 0.15) is 0 Å². The van der Waals surface area contributed by atoms with Crippen molar-refractivity contribution in [2.45, 2.75) is 32.4 Å². The number of thiophene rings is 1. The fourth-order valence-corrected chi connectivity index (χ4v) is 3.96. The van der Waals surface area contributed by atoms with E-state index in [-0.39, 0.29) is 6.10 Å². The summed E-state index contributed by atoms with van der Waals surface area (Å²) in [6, 6.07) is 4.22. The third-order valence-corrected chi connectivity index (χ3v) is 5.15. The minimum absolute atomic E-state index is 0.284. The van der Waals surface area contributed by atoms with Gasteiger partial charge in [0.2, 0.25) is 0 Å². The van der Waals surface area contributed by atoms with Crippen molar-refractivity contribution >= 4 is 33.2 Å². The lowest BCUT2D eigenvalue weighted by Gasteiger charge is -2.21. The standard InChI is InChI=1S/C16H26BrN3O2S/c1-3-18-16(20(2)11-14-6-7-15(17)23-14)19-8-10-21-12-13-5-4-9-22-13/h6-7,13H,3-5,8-12H2,1-2H3,(H,18,19). The first-order valence-electron chi connectivity index (χ1n) is 8.12. The molecule has 7 heteroatoms. The highest BCUT2D eigenvalue weighted by Crippen LogP contribution is 2.22. The summed E-state index contributed by atoms with van der Waals surface area (Å²) in [6.45, 7) is 6.64. The zero-order chi connectivity index (χ0) is 16.5. The molecule has 130 valence electrons. The Morgan fingerprint density at radius 3 is 3.09 bits per heavy atom. The van der Waals surface area contributed by atoms with Gasteiger partial charge in [-0.15, -0.1) is 11.3 Å². The Kier molecular flexibility index (Phi) is 8.36. The first kappa shape index (κ1) is 18.7. The van der Waals surface area contributed by atoms with Gasteiger partial charge in [0, 0.05) is 25.1 Å². The highest BCUT2D eigenvalue weighted by molar-refractivity contribution is 9.11. The van der Waals surface area contributed by atoms with E-state index in [9.17, 15) is 0 Å². The van der Waals surface area contributed by atoms with E-state index in [1.165, 1.54) is 4.88 Å². The Balaban J connectivity index is 1.74. The van der Waals surface area contributed by atoms with Crippen LogP contribution in [0.1, 0.15) is 24.6 Å². The molecule has 1 N–H and O–H groups in total. The molecule has 1 aliphatic rings. The molecular weight excluding hydrogens is 378 g/mol. The quantitative estimate of drug-likeness (QED) is 0.411. The fraction of sp³-hybridized carbons (Fsp3) is 0.688. The Hall–Kier alpha value is -0.630. The first-order chi connectivity index (χ1) is 11.2. The van der Waals surface area contributed by atoms with E-state index in [4.69, 9.17) is 9.47 Å². The zero-order valence-corrected chi connectivity index (χ0v) is 16.3. The predicted molar refractivity (Wildman–Crippen MR) is 99.3 cm³/mol. The predicted octanol–water partition coefficient (Wildman–Crippen LogP) is 3.10. The van der Waals surface area contributed by atoms with Gasteiger partial charge in [-0.3, -0.25) is 4.99 Å². The van der Waals surface area contributed by atoms with Crippen LogP contribution in [-0.2, 0) is 16.0 Å². The lowest BCUT2D eigenvalue weighted by atomic mass is 10.2. The molecule has 1 aromatic rings. The molecular formula is C16H26BrN3O2S. The third-order valence-electron chi connectivity index (χ3n) is 3.54. The minimum Gasteiger partial charge on any atom is -0.377 e. The van der Waals surface area contributed by atoms with Crippen LogP contribution in [0.25, 0.3) is 0 Å². The van der Waals surface area contributed by atoms with Crippen LogP contribution in [0.15, 0.2) is 20.9 Å². The van der Waals surface area contributed by atoms with E-state index in [0.29, 0.717) is 19.8 Å². The molecule has 1 fully saturated rings. The Morgan fingerprint density at radius 1 is 1.57 bits per heavy atom. The SMILES string of the molecule is CCNC(=NCCOCC1CCCO1)N(C)Cc1ccc(Br)s1. The highest BCUT2D eigenvalue weighted by atomic mass is 79.9. The van der Waals surface area contributed by atoms with Gasteiger partial charge in [-0.25, -0.2) is 0 Å². The van der Waals surface area contributed by atoms with E-state index in [0.717, 1.165) is 42.3 Å². The average Bonchev–Trinajstić information content (AvgIpc) is 3.17. The maximum absolute atomic E-state index is 5.66. The highest BCUT2D eigenvalue weighted by Gasteiger charge is 2.15. The van der Waals surface area contributed by atoms with E-state index in [2.05, 4.69) is 57.2 Å². The van der Waals surface area contributed by atoms with Crippen LogP contribution in [0, 0.1) is 0 Å². The molecule has 0 bridgehead atoms. The number of hydrogen-bond acceptors (Lipinski definition) is 4. The summed E-state index contributed by atoms with van der Waals surface area (Å²) in [5, 5.41) is 3.33. The fourth-order valence-electron chi connectivity index (χ4n) is 2.42. The maximum Gasteiger partial charge on any atom is 0.194 e. The van der Waals surface area contributed by atoms with Crippen molar-refractivity contribution in [2.75, 3.05) is 40.0 Å². The summed E-state index contributed by atoms with van der Waals surface area (Å²) in [5.41, 5.74) is 0. The summed E-state index contributed by atoms with van der Waals surface area (Å²) in [4.78, 5) is 8.08. The average molecular weight is 404 g/mol. The molecule has 0 aromatic carbocycles. The zero-order valence-electron chi connectivity index (χ0n) is 13.9. The number of halogens is 1. The molecule has 5 nitrogen and oxygen atoms in total. The molecule has 0 amide bonds. The van der Waals surface area contributed by atoms with Crippen LogP contribution in [0.5, 0.6) is 0 Å². The molecule has 0 aliphatic carbocycles. The van der Waals surface area contributed by atoms with Crippen molar-refractivity contribution in [1.29, 1.82) is 0 Å². The largest absolute Gasteiger partial charge is 0.377 e. The van der Waals surface area contributed by atoms with Crippen molar-refractivity contribution in [3.63, 3.8) is 0 Å². The van der Waals surface area contributed by atoms with Crippen LogP contribution in [0.3, 0.4) is 0 Å². The van der Waals surface area contributed by atoms with Crippen molar-refractivity contribution in [3.8, 4) is 0 Å². The van der Waals surface area contributed by atoms with Gasteiger partial charge in [0.25, 0.3) is 0 Å². The second kappa shape index (κ2) is 10.3. The van der Waals surface area contributed by atoms with Crippen LogP contribution >= 0.6 is 27.3 Å².